The summed E-state index contributed by atoms with van der Waals surface area (Å²) in [5.41, 5.74) is 10.5. The molecule has 6 aromatic carbocycles. The van der Waals surface area contributed by atoms with Crippen molar-refractivity contribution in [2.24, 2.45) is 0 Å². The van der Waals surface area contributed by atoms with Gasteiger partial charge in [-0.1, -0.05) is 103 Å². The third kappa shape index (κ3) is 3.71. The predicted molar refractivity (Wildman–Crippen MR) is 182 cm³/mol. The number of aryl methyl sites for hydroxylation is 1. The van der Waals surface area contributed by atoms with Crippen molar-refractivity contribution in [2.45, 2.75) is 13.5 Å². The van der Waals surface area contributed by atoms with Crippen molar-refractivity contribution in [3.8, 4) is 33.8 Å². The van der Waals surface area contributed by atoms with Crippen LogP contribution in [-0.4, -0.2) is 14.5 Å². The van der Waals surface area contributed by atoms with Gasteiger partial charge in [-0.2, -0.15) is 0 Å². The molecule has 0 amide bonds. The number of para-hydroxylation sites is 4. The number of rotatable bonds is 4. The molecule has 208 valence electrons. The number of hydrogen-bond donors (Lipinski definition) is 0. The van der Waals surface area contributed by atoms with Crippen molar-refractivity contribution < 1.29 is 4.42 Å². The monoisotopic (exact) mass is 565 g/mol. The van der Waals surface area contributed by atoms with Crippen LogP contribution in [0, 0.1) is 0 Å². The van der Waals surface area contributed by atoms with Gasteiger partial charge in [0.15, 0.2) is 0 Å². The number of aromatic nitrogens is 3. The molecule has 0 spiro atoms. The SMILES string of the molecule is CCn1c(-c2ccc(-c3ccc(-c4nc5ccccc5c5c4ccc4c6ccccc6oc45)cc3)cc2)nc2ccccc21. The van der Waals surface area contributed by atoms with Crippen LogP contribution in [0.5, 0.6) is 0 Å². The van der Waals surface area contributed by atoms with Crippen LogP contribution in [-0.2, 0) is 6.54 Å². The van der Waals surface area contributed by atoms with Gasteiger partial charge in [0.1, 0.15) is 17.0 Å². The van der Waals surface area contributed by atoms with E-state index in [0.717, 1.165) is 83.9 Å². The van der Waals surface area contributed by atoms with Gasteiger partial charge >= 0.3 is 0 Å². The topological polar surface area (TPSA) is 43.9 Å². The summed E-state index contributed by atoms with van der Waals surface area (Å²) >= 11 is 0. The van der Waals surface area contributed by atoms with Crippen LogP contribution in [0.4, 0.5) is 0 Å². The van der Waals surface area contributed by atoms with Gasteiger partial charge < -0.3 is 8.98 Å². The van der Waals surface area contributed by atoms with E-state index in [2.05, 4.69) is 121 Å². The van der Waals surface area contributed by atoms with Gasteiger partial charge in [0.25, 0.3) is 0 Å². The molecule has 0 aliphatic heterocycles. The summed E-state index contributed by atoms with van der Waals surface area (Å²) in [4.78, 5) is 10.1. The van der Waals surface area contributed by atoms with Crippen LogP contribution in [0.25, 0.3) is 88.4 Å². The largest absolute Gasteiger partial charge is 0.455 e. The summed E-state index contributed by atoms with van der Waals surface area (Å²) in [7, 11) is 0. The van der Waals surface area contributed by atoms with E-state index < -0.39 is 0 Å². The van der Waals surface area contributed by atoms with Gasteiger partial charge in [0.05, 0.1) is 22.2 Å². The van der Waals surface area contributed by atoms with Crippen LogP contribution in [0.2, 0.25) is 0 Å². The molecule has 0 atom stereocenters. The molecule has 44 heavy (non-hydrogen) atoms. The molecule has 0 aliphatic carbocycles. The Morgan fingerprint density at radius 1 is 0.523 bits per heavy atom. The second-order valence-electron chi connectivity index (χ2n) is 11.3. The van der Waals surface area contributed by atoms with E-state index in [0.29, 0.717) is 0 Å². The van der Waals surface area contributed by atoms with E-state index in [1.165, 1.54) is 11.1 Å². The first-order valence-corrected chi connectivity index (χ1v) is 15.1. The van der Waals surface area contributed by atoms with Gasteiger partial charge in [0, 0.05) is 44.6 Å². The molecular weight excluding hydrogens is 538 g/mol. The molecule has 0 saturated carbocycles. The molecule has 3 aromatic heterocycles. The molecule has 0 bridgehead atoms. The fraction of sp³-hybridized carbons (Fsp3) is 0.0500. The van der Waals surface area contributed by atoms with Crippen LogP contribution in [0.15, 0.2) is 138 Å². The Balaban J connectivity index is 1.13. The fourth-order valence-electron chi connectivity index (χ4n) is 6.69. The summed E-state index contributed by atoms with van der Waals surface area (Å²) in [6, 6.07) is 46.8. The molecule has 0 N–H and O–H groups in total. The molecule has 0 unspecified atom stereocenters. The molecule has 0 radical (unpaired) electrons. The van der Waals surface area contributed by atoms with Crippen molar-refractivity contribution >= 4 is 54.6 Å². The van der Waals surface area contributed by atoms with Crippen molar-refractivity contribution in [3.05, 3.63) is 133 Å². The lowest BCUT2D eigenvalue weighted by atomic mass is 9.96. The smallest absolute Gasteiger partial charge is 0.144 e. The fourth-order valence-corrected chi connectivity index (χ4v) is 6.69. The Hall–Kier alpha value is -5.74. The van der Waals surface area contributed by atoms with Gasteiger partial charge in [-0.05, 0) is 48.4 Å². The molecule has 3 heterocycles. The number of fused-ring (bicyclic) bond motifs is 8. The van der Waals surface area contributed by atoms with E-state index in [1.54, 1.807) is 0 Å². The van der Waals surface area contributed by atoms with Crippen LogP contribution >= 0.6 is 0 Å². The number of imidazole rings is 1. The first kappa shape index (κ1) is 24.8. The first-order chi connectivity index (χ1) is 21.8. The summed E-state index contributed by atoms with van der Waals surface area (Å²) in [6.45, 7) is 3.04. The summed E-state index contributed by atoms with van der Waals surface area (Å²) in [5, 5.41) is 5.56. The van der Waals surface area contributed by atoms with E-state index in [4.69, 9.17) is 14.4 Å². The first-order valence-electron chi connectivity index (χ1n) is 15.1. The Kier molecular flexibility index (Phi) is 5.44. The minimum atomic E-state index is 0.873. The number of nitrogens with zero attached hydrogens (tertiary/aromatic N) is 3. The predicted octanol–water partition coefficient (Wildman–Crippen LogP) is 10.7. The lowest BCUT2D eigenvalue weighted by molar-refractivity contribution is 0.673. The highest BCUT2D eigenvalue weighted by molar-refractivity contribution is 6.24. The lowest BCUT2D eigenvalue weighted by Crippen LogP contribution is -1.97. The molecule has 4 nitrogen and oxygen atoms in total. The average molecular weight is 566 g/mol. The van der Waals surface area contributed by atoms with Crippen molar-refractivity contribution in [1.82, 2.24) is 14.5 Å². The Morgan fingerprint density at radius 3 is 1.91 bits per heavy atom. The zero-order valence-corrected chi connectivity index (χ0v) is 24.2. The van der Waals surface area contributed by atoms with Gasteiger partial charge in [-0.15, -0.1) is 0 Å². The Morgan fingerprint density at radius 2 is 1.14 bits per heavy atom. The van der Waals surface area contributed by atoms with E-state index >= 15 is 0 Å². The van der Waals surface area contributed by atoms with Gasteiger partial charge in [-0.3, -0.25) is 0 Å². The maximum atomic E-state index is 6.48. The molecule has 4 heteroatoms. The zero-order valence-electron chi connectivity index (χ0n) is 24.2. The van der Waals surface area contributed by atoms with Crippen LogP contribution in [0.1, 0.15) is 6.92 Å². The third-order valence-corrected chi connectivity index (χ3v) is 8.81. The summed E-state index contributed by atoms with van der Waals surface area (Å²) in [5.74, 6) is 1.00. The van der Waals surface area contributed by atoms with Gasteiger partial charge in [-0.25, -0.2) is 9.97 Å². The number of pyridine rings is 1. The second-order valence-corrected chi connectivity index (χ2v) is 11.3. The standard InChI is InChI=1S/C40H27N3O/c1-2-43-35-13-7-6-12-34(35)42-40(43)28-21-17-26(18-22-28)25-15-19-27(20-16-25)38-32-24-23-30-29-9-4-8-14-36(29)44-39(30)37(32)31-10-3-5-11-33(31)41-38/h3-24H,2H2,1H3. The van der Waals surface area contributed by atoms with E-state index in [9.17, 15) is 0 Å². The molecule has 0 saturated heterocycles. The molecule has 9 rings (SSSR count). The minimum absolute atomic E-state index is 0.873. The maximum Gasteiger partial charge on any atom is 0.144 e. The van der Waals surface area contributed by atoms with Crippen molar-refractivity contribution in [1.29, 1.82) is 0 Å². The van der Waals surface area contributed by atoms with Gasteiger partial charge in [0.2, 0.25) is 0 Å². The Labute approximate surface area is 253 Å². The number of hydrogen-bond acceptors (Lipinski definition) is 3. The lowest BCUT2D eigenvalue weighted by Gasteiger charge is -2.11. The molecular formula is C40H27N3O. The molecule has 0 aliphatic rings. The van der Waals surface area contributed by atoms with Crippen molar-refractivity contribution in [2.75, 3.05) is 0 Å². The molecule has 9 aromatic rings. The van der Waals surface area contributed by atoms with Crippen LogP contribution in [0.3, 0.4) is 0 Å². The maximum absolute atomic E-state index is 6.48. The summed E-state index contributed by atoms with van der Waals surface area (Å²) in [6.07, 6.45) is 0. The Bertz CT molecular complexity index is 2520. The zero-order chi connectivity index (χ0) is 29.2. The highest BCUT2D eigenvalue weighted by atomic mass is 16.3. The van der Waals surface area contributed by atoms with E-state index in [-0.39, 0.29) is 0 Å². The van der Waals surface area contributed by atoms with Crippen LogP contribution < -0.4 is 0 Å². The molecule has 0 fully saturated rings. The van der Waals surface area contributed by atoms with Crippen molar-refractivity contribution in [3.63, 3.8) is 0 Å². The normalized spacial score (nSPS) is 11.8. The highest BCUT2D eigenvalue weighted by Gasteiger charge is 2.17. The average Bonchev–Trinajstić information content (AvgIpc) is 3.66. The number of furan rings is 1. The quantitative estimate of drug-likeness (QED) is 0.199. The highest BCUT2D eigenvalue weighted by Crippen LogP contribution is 2.40. The summed E-state index contributed by atoms with van der Waals surface area (Å²) < 4.78 is 8.76. The second kappa shape index (κ2) is 9.65. The third-order valence-electron chi connectivity index (χ3n) is 8.81. The van der Waals surface area contributed by atoms with E-state index in [1.807, 2.05) is 24.3 Å². The number of benzene rings is 6. The minimum Gasteiger partial charge on any atom is -0.455 e.